The maximum Gasteiger partial charge on any atom is 0.128 e. The van der Waals surface area contributed by atoms with Gasteiger partial charge in [0.25, 0.3) is 0 Å². The highest BCUT2D eigenvalue weighted by Gasteiger charge is 2.22. The van der Waals surface area contributed by atoms with E-state index in [4.69, 9.17) is 0 Å². The predicted molar refractivity (Wildman–Crippen MR) is 64.6 cm³/mol. The zero-order valence-electron chi connectivity index (χ0n) is 9.32. The van der Waals surface area contributed by atoms with E-state index in [1.54, 1.807) is 0 Å². The summed E-state index contributed by atoms with van der Waals surface area (Å²) in [6.07, 6.45) is 6.76. The molecule has 0 spiro atoms. The zero-order valence-corrected chi connectivity index (χ0v) is 10.1. The van der Waals surface area contributed by atoms with Crippen LogP contribution in [0.4, 0.5) is 0 Å². The summed E-state index contributed by atoms with van der Waals surface area (Å²) in [6.45, 7) is 2.70. The molecule has 1 atom stereocenters. The third kappa shape index (κ3) is 3.63. The smallest absolute Gasteiger partial charge is 0.128 e. The quantitative estimate of drug-likeness (QED) is 0.719. The van der Waals surface area contributed by atoms with Gasteiger partial charge >= 0.3 is 0 Å². The Labute approximate surface area is 96.7 Å². The molecule has 0 bridgehead atoms. The molecule has 0 aromatic rings. The maximum absolute atomic E-state index is 9.74. The summed E-state index contributed by atoms with van der Waals surface area (Å²) in [5.74, 6) is 2.10. The van der Waals surface area contributed by atoms with Gasteiger partial charge in [0.2, 0.25) is 0 Å². The van der Waals surface area contributed by atoms with Crippen LogP contribution in [-0.4, -0.2) is 41.0 Å². The molecule has 0 radical (unpaired) electrons. The van der Waals surface area contributed by atoms with Crippen LogP contribution in [0.25, 0.3) is 0 Å². The SMILES string of the molecule is OC1CNCCN1SCC1CCCCC1. The van der Waals surface area contributed by atoms with Gasteiger partial charge in [-0.05, 0) is 18.8 Å². The van der Waals surface area contributed by atoms with Gasteiger partial charge in [-0.2, -0.15) is 0 Å². The van der Waals surface area contributed by atoms with Crippen LogP contribution < -0.4 is 5.32 Å². The van der Waals surface area contributed by atoms with Crippen LogP contribution in [0.5, 0.6) is 0 Å². The summed E-state index contributed by atoms with van der Waals surface area (Å²) in [4.78, 5) is 0. The van der Waals surface area contributed by atoms with Crippen molar-refractivity contribution >= 4 is 11.9 Å². The second kappa shape index (κ2) is 6.09. The fraction of sp³-hybridized carbons (Fsp3) is 1.00. The van der Waals surface area contributed by atoms with Crippen molar-refractivity contribution in [3.8, 4) is 0 Å². The fourth-order valence-corrected chi connectivity index (χ4v) is 3.58. The standard InChI is InChI=1S/C11H22N2OS/c14-11-8-12-6-7-13(11)15-9-10-4-2-1-3-5-10/h10-12,14H,1-9H2. The normalized spacial score (nSPS) is 30.6. The molecule has 1 unspecified atom stereocenters. The number of hydrogen-bond donors (Lipinski definition) is 2. The van der Waals surface area contributed by atoms with Gasteiger partial charge in [-0.15, -0.1) is 0 Å². The molecular weight excluding hydrogens is 208 g/mol. The van der Waals surface area contributed by atoms with Crippen LogP contribution >= 0.6 is 11.9 Å². The number of nitrogens with one attached hydrogen (secondary N) is 1. The van der Waals surface area contributed by atoms with E-state index in [-0.39, 0.29) is 6.23 Å². The molecule has 0 amide bonds. The Morgan fingerprint density at radius 3 is 2.80 bits per heavy atom. The van der Waals surface area contributed by atoms with Crippen molar-refractivity contribution in [1.82, 2.24) is 9.62 Å². The topological polar surface area (TPSA) is 35.5 Å². The summed E-state index contributed by atoms with van der Waals surface area (Å²) < 4.78 is 2.14. The van der Waals surface area contributed by atoms with E-state index in [2.05, 4.69) is 9.62 Å². The molecule has 1 heterocycles. The zero-order chi connectivity index (χ0) is 10.5. The van der Waals surface area contributed by atoms with E-state index in [0.717, 1.165) is 25.6 Å². The Morgan fingerprint density at radius 2 is 2.07 bits per heavy atom. The van der Waals surface area contributed by atoms with E-state index in [0.29, 0.717) is 0 Å². The highest BCUT2D eigenvalue weighted by atomic mass is 32.2. The lowest BCUT2D eigenvalue weighted by molar-refractivity contribution is 0.0524. The third-order valence-electron chi connectivity index (χ3n) is 3.37. The summed E-state index contributed by atoms with van der Waals surface area (Å²) in [6, 6.07) is 0. The number of aliphatic hydroxyl groups is 1. The monoisotopic (exact) mass is 230 g/mol. The minimum Gasteiger partial charge on any atom is -0.376 e. The Balaban J connectivity index is 1.67. The number of aliphatic hydroxyl groups excluding tert-OH is 1. The summed E-state index contributed by atoms with van der Waals surface area (Å²) in [5.41, 5.74) is 0. The minimum absolute atomic E-state index is 0.285. The fourth-order valence-electron chi connectivity index (χ4n) is 2.38. The van der Waals surface area contributed by atoms with Gasteiger partial charge in [0.05, 0.1) is 0 Å². The van der Waals surface area contributed by atoms with Crippen molar-refractivity contribution in [1.29, 1.82) is 0 Å². The van der Waals surface area contributed by atoms with Crippen LogP contribution in [0, 0.1) is 5.92 Å². The molecule has 15 heavy (non-hydrogen) atoms. The highest BCUT2D eigenvalue weighted by molar-refractivity contribution is 7.97. The minimum atomic E-state index is -0.285. The van der Waals surface area contributed by atoms with Gasteiger partial charge in [0.15, 0.2) is 0 Å². The number of piperazine rings is 1. The maximum atomic E-state index is 9.74. The van der Waals surface area contributed by atoms with Crippen molar-refractivity contribution in [3.05, 3.63) is 0 Å². The lowest BCUT2D eigenvalue weighted by Gasteiger charge is -2.33. The second-order valence-electron chi connectivity index (χ2n) is 4.63. The molecule has 3 nitrogen and oxygen atoms in total. The Hall–Kier alpha value is 0.230. The Kier molecular flexibility index (Phi) is 4.75. The van der Waals surface area contributed by atoms with E-state index in [9.17, 15) is 5.11 Å². The first-order valence-electron chi connectivity index (χ1n) is 6.14. The van der Waals surface area contributed by atoms with Crippen LogP contribution in [-0.2, 0) is 0 Å². The molecule has 88 valence electrons. The van der Waals surface area contributed by atoms with Gasteiger partial charge in [-0.1, -0.05) is 31.2 Å². The molecule has 1 saturated carbocycles. The molecule has 2 rings (SSSR count). The molecule has 1 saturated heterocycles. The first kappa shape index (κ1) is 11.7. The van der Waals surface area contributed by atoms with Crippen molar-refractivity contribution < 1.29 is 5.11 Å². The summed E-state index contributed by atoms with van der Waals surface area (Å²) >= 11 is 1.86. The van der Waals surface area contributed by atoms with E-state index in [1.165, 1.54) is 37.9 Å². The molecular formula is C11H22N2OS. The molecule has 1 aliphatic carbocycles. The molecule has 2 aliphatic rings. The van der Waals surface area contributed by atoms with Crippen molar-refractivity contribution in [3.63, 3.8) is 0 Å². The number of β-amino-alcohol motifs (C(OH)–C–C–N with tert-alkyl or cyclic N) is 1. The van der Waals surface area contributed by atoms with Crippen LogP contribution in [0.1, 0.15) is 32.1 Å². The Bertz CT molecular complexity index is 185. The molecule has 0 aromatic heterocycles. The second-order valence-corrected chi connectivity index (χ2v) is 5.69. The lowest BCUT2D eigenvalue weighted by Crippen LogP contribution is -2.48. The first-order valence-corrected chi connectivity index (χ1v) is 7.09. The van der Waals surface area contributed by atoms with Crippen molar-refractivity contribution in [2.24, 2.45) is 5.92 Å². The van der Waals surface area contributed by atoms with Gasteiger partial charge < -0.3 is 10.4 Å². The van der Waals surface area contributed by atoms with Crippen molar-refractivity contribution in [2.75, 3.05) is 25.4 Å². The number of hydrogen-bond acceptors (Lipinski definition) is 4. The third-order valence-corrected chi connectivity index (χ3v) is 4.75. The molecule has 0 aromatic carbocycles. The summed E-state index contributed by atoms with van der Waals surface area (Å²) in [7, 11) is 0. The summed E-state index contributed by atoms with van der Waals surface area (Å²) in [5, 5.41) is 12.9. The number of rotatable bonds is 3. The largest absolute Gasteiger partial charge is 0.376 e. The van der Waals surface area contributed by atoms with Gasteiger partial charge in [0, 0.05) is 25.4 Å². The van der Waals surface area contributed by atoms with Crippen LogP contribution in [0.3, 0.4) is 0 Å². The van der Waals surface area contributed by atoms with E-state index in [1.807, 2.05) is 11.9 Å². The van der Waals surface area contributed by atoms with Crippen LogP contribution in [0.15, 0.2) is 0 Å². The lowest BCUT2D eigenvalue weighted by atomic mass is 9.91. The van der Waals surface area contributed by atoms with E-state index < -0.39 is 0 Å². The molecule has 4 heteroatoms. The molecule has 1 aliphatic heterocycles. The average molecular weight is 230 g/mol. The predicted octanol–water partition coefficient (Wildman–Crippen LogP) is 1.44. The molecule has 2 fully saturated rings. The average Bonchev–Trinajstić information content (AvgIpc) is 2.29. The van der Waals surface area contributed by atoms with E-state index >= 15 is 0 Å². The number of nitrogens with zero attached hydrogens (tertiary/aromatic N) is 1. The Morgan fingerprint density at radius 1 is 1.27 bits per heavy atom. The van der Waals surface area contributed by atoms with Crippen LogP contribution in [0.2, 0.25) is 0 Å². The van der Waals surface area contributed by atoms with Gasteiger partial charge in [0.1, 0.15) is 6.23 Å². The van der Waals surface area contributed by atoms with Gasteiger partial charge in [-0.3, -0.25) is 0 Å². The first-order chi connectivity index (χ1) is 7.36. The van der Waals surface area contributed by atoms with Gasteiger partial charge in [-0.25, -0.2) is 4.31 Å². The van der Waals surface area contributed by atoms with Crippen molar-refractivity contribution in [2.45, 2.75) is 38.3 Å². The molecule has 2 N–H and O–H groups in total. The highest BCUT2D eigenvalue weighted by Crippen LogP contribution is 2.28.